The number of benzene rings is 2. The largest absolute Gasteiger partial charge is 0.492 e. The highest BCUT2D eigenvalue weighted by Crippen LogP contribution is 2.12. The first-order valence-electron chi connectivity index (χ1n) is 8.07. The first kappa shape index (κ1) is 17.1. The monoisotopic (exact) mass is 311 g/mol. The van der Waals surface area contributed by atoms with E-state index in [4.69, 9.17) is 4.74 Å². The van der Waals surface area contributed by atoms with E-state index in [1.165, 1.54) is 22.3 Å². The van der Waals surface area contributed by atoms with Gasteiger partial charge in [0.1, 0.15) is 12.4 Å². The number of hydrogen-bond acceptors (Lipinski definition) is 2. The highest BCUT2D eigenvalue weighted by atomic mass is 16.5. The molecule has 0 aliphatic rings. The topological polar surface area (TPSA) is 38.3 Å². The van der Waals surface area contributed by atoms with Crippen LogP contribution in [-0.4, -0.2) is 19.1 Å². The highest BCUT2D eigenvalue weighted by Gasteiger charge is 2.03. The van der Waals surface area contributed by atoms with Gasteiger partial charge >= 0.3 is 0 Å². The number of hydrogen-bond donors (Lipinski definition) is 1. The molecule has 2 aromatic carbocycles. The Hall–Kier alpha value is -2.29. The van der Waals surface area contributed by atoms with Gasteiger partial charge in [0, 0.05) is 6.42 Å². The Bertz CT molecular complexity index is 664. The van der Waals surface area contributed by atoms with E-state index in [2.05, 4.69) is 37.4 Å². The minimum absolute atomic E-state index is 0.0658. The van der Waals surface area contributed by atoms with Crippen molar-refractivity contribution < 1.29 is 9.53 Å². The lowest BCUT2D eigenvalue weighted by molar-refractivity contribution is -0.121. The van der Waals surface area contributed by atoms with Crippen LogP contribution in [0, 0.1) is 20.8 Å². The molecule has 0 fully saturated rings. The molecule has 0 aliphatic heterocycles. The van der Waals surface area contributed by atoms with Gasteiger partial charge in [0.25, 0.3) is 0 Å². The number of amides is 1. The van der Waals surface area contributed by atoms with E-state index in [1.54, 1.807) is 0 Å². The van der Waals surface area contributed by atoms with Gasteiger partial charge in [-0.05, 0) is 61.6 Å². The summed E-state index contributed by atoms with van der Waals surface area (Å²) in [5.41, 5.74) is 4.93. The van der Waals surface area contributed by atoms with Crippen molar-refractivity contribution in [3.8, 4) is 5.75 Å². The number of carbonyl (C=O) groups excluding carboxylic acids is 1. The fourth-order valence-electron chi connectivity index (χ4n) is 2.37. The fourth-order valence-corrected chi connectivity index (χ4v) is 2.37. The Labute approximate surface area is 138 Å². The second-order valence-corrected chi connectivity index (χ2v) is 5.93. The molecule has 0 radical (unpaired) electrons. The molecule has 0 unspecified atom stereocenters. The molecule has 0 bridgehead atoms. The third-order valence-corrected chi connectivity index (χ3v) is 3.89. The second-order valence-electron chi connectivity index (χ2n) is 5.93. The lowest BCUT2D eigenvalue weighted by Gasteiger charge is -2.09. The van der Waals surface area contributed by atoms with Gasteiger partial charge in [-0.1, -0.05) is 30.3 Å². The van der Waals surface area contributed by atoms with Crippen molar-refractivity contribution in [3.63, 3.8) is 0 Å². The molecule has 122 valence electrons. The molecule has 3 heteroatoms. The molecule has 0 atom stereocenters. The molecule has 23 heavy (non-hydrogen) atoms. The Morgan fingerprint density at radius 2 is 1.87 bits per heavy atom. The zero-order chi connectivity index (χ0) is 16.7. The van der Waals surface area contributed by atoms with Gasteiger partial charge in [-0.2, -0.15) is 0 Å². The van der Waals surface area contributed by atoms with Crippen LogP contribution < -0.4 is 10.1 Å². The smallest absolute Gasteiger partial charge is 0.220 e. The van der Waals surface area contributed by atoms with Crippen molar-refractivity contribution in [1.82, 2.24) is 5.32 Å². The molecule has 0 heterocycles. The molecule has 1 amide bonds. The van der Waals surface area contributed by atoms with Crippen LogP contribution in [0.1, 0.15) is 28.7 Å². The predicted molar refractivity (Wildman–Crippen MR) is 93.9 cm³/mol. The summed E-state index contributed by atoms with van der Waals surface area (Å²) in [6.45, 7) is 7.24. The first-order valence-corrected chi connectivity index (χ1v) is 8.07. The van der Waals surface area contributed by atoms with Crippen LogP contribution in [-0.2, 0) is 11.2 Å². The van der Waals surface area contributed by atoms with E-state index >= 15 is 0 Å². The van der Waals surface area contributed by atoms with Gasteiger partial charge in [0.15, 0.2) is 0 Å². The van der Waals surface area contributed by atoms with Crippen LogP contribution in [0.3, 0.4) is 0 Å². The standard InChI is InChI=1S/C20H25NO2/c1-15-5-4-6-19(13-15)23-12-11-21-20(22)10-9-18-8-7-16(2)17(3)14-18/h4-8,13-14H,9-12H2,1-3H3,(H,21,22). The summed E-state index contributed by atoms with van der Waals surface area (Å²) in [5.74, 6) is 0.908. The molecule has 0 aliphatic carbocycles. The van der Waals surface area contributed by atoms with Crippen molar-refractivity contribution in [3.05, 3.63) is 64.7 Å². The van der Waals surface area contributed by atoms with Crippen LogP contribution in [0.25, 0.3) is 0 Å². The zero-order valence-corrected chi connectivity index (χ0v) is 14.2. The van der Waals surface area contributed by atoms with Gasteiger partial charge in [-0.15, -0.1) is 0 Å². The van der Waals surface area contributed by atoms with Crippen molar-refractivity contribution in [2.45, 2.75) is 33.6 Å². The first-order chi connectivity index (χ1) is 11.0. The summed E-state index contributed by atoms with van der Waals surface area (Å²) >= 11 is 0. The number of carbonyl (C=O) groups is 1. The number of ether oxygens (including phenoxy) is 1. The third-order valence-electron chi connectivity index (χ3n) is 3.89. The summed E-state index contributed by atoms with van der Waals surface area (Å²) in [5, 5.41) is 2.90. The van der Waals surface area contributed by atoms with Gasteiger partial charge in [0.2, 0.25) is 5.91 Å². The Morgan fingerprint density at radius 1 is 1.04 bits per heavy atom. The van der Waals surface area contributed by atoms with Crippen LogP contribution in [0.15, 0.2) is 42.5 Å². The quantitative estimate of drug-likeness (QED) is 0.791. The molecule has 2 aromatic rings. The van der Waals surface area contributed by atoms with Gasteiger partial charge in [-0.25, -0.2) is 0 Å². The van der Waals surface area contributed by atoms with Gasteiger partial charge in [-0.3, -0.25) is 4.79 Å². The van der Waals surface area contributed by atoms with Crippen molar-refractivity contribution in [2.75, 3.05) is 13.2 Å². The fraction of sp³-hybridized carbons (Fsp3) is 0.350. The van der Waals surface area contributed by atoms with E-state index < -0.39 is 0 Å². The Balaban J connectivity index is 1.66. The minimum atomic E-state index is 0.0658. The lowest BCUT2D eigenvalue weighted by atomic mass is 10.0. The van der Waals surface area contributed by atoms with Crippen LogP contribution in [0.2, 0.25) is 0 Å². The average Bonchev–Trinajstić information content (AvgIpc) is 2.53. The number of aryl methyl sites for hydroxylation is 4. The highest BCUT2D eigenvalue weighted by molar-refractivity contribution is 5.76. The van der Waals surface area contributed by atoms with Crippen molar-refractivity contribution >= 4 is 5.91 Å². The summed E-state index contributed by atoms with van der Waals surface area (Å²) in [7, 11) is 0. The molecule has 0 saturated heterocycles. The Kier molecular flexibility index (Phi) is 6.21. The zero-order valence-electron chi connectivity index (χ0n) is 14.2. The Morgan fingerprint density at radius 3 is 2.61 bits per heavy atom. The average molecular weight is 311 g/mol. The number of rotatable bonds is 7. The summed E-state index contributed by atoms with van der Waals surface area (Å²) in [6, 6.07) is 14.3. The maximum atomic E-state index is 11.9. The maximum absolute atomic E-state index is 11.9. The van der Waals surface area contributed by atoms with Crippen molar-refractivity contribution in [2.24, 2.45) is 0 Å². The molecule has 0 saturated carbocycles. The second kappa shape index (κ2) is 8.37. The molecule has 1 N–H and O–H groups in total. The summed E-state index contributed by atoms with van der Waals surface area (Å²) in [6.07, 6.45) is 1.28. The van der Waals surface area contributed by atoms with Crippen LogP contribution >= 0.6 is 0 Å². The summed E-state index contributed by atoms with van der Waals surface area (Å²) < 4.78 is 5.61. The van der Waals surface area contributed by atoms with Crippen molar-refractivity contribution in [1.29, 1.82) is 0 Å². The van der Waals surface area contributed by atoms with Crippen LogP contribution in [0.5, 0.6) is 5.75 Å². The normalized spacial score (nSPS) is 10.4. The SMILES string of the molecule is Cc1cccc(OCCNC(=O)CCc2ccc(C)c(C)c2)c1. The lowest BCUT2D eigenvalue weighted by Crippen LogP contribution is -2.28. The number of nitrogens with one attached hydrogen (secondary N) is 1. The van der Waals surface area contributed by atoms with E-state index in [9.17, 15) is 4.79 Å². The molecular formula is C20H25NO2. The molecular weight excluding hydrogens is 286 g/mol. The molecule has 3 nitrogen and oxygen atoms in total. The molecule has 0 spiro atoms. The van der Waals surface area contributed by atoms with E-state index in [0.29, 0.717) is 19.6 Å². The van der Waals surface area contributed by atoms with E-state index in [1.807, 2.05) is 31.2 Å². The summed E-state index contributed by atoms with van der Waals surface area (Å²) in [4.78, 5) is 11.9. The molecule has 0 aromatic heterocycles. The third kappa shape index (κ3) is 5.78. The van der Waals surface area contributed by atoms with Gasteiger partial charge < -0.3 is 10.1 Å². The van der Waals surface area contributed by atoms with E-state index in [0.717, 1.165) is 12.2 Å². The van der Waals surface area contributed by atoms with E-state index in [-0.39, 0.29) is 5.91 Å². The molecule has 2 rings (SSSR count). The minimum Gasteiger partial charge on any atom is -0.492 e. The maximum Gasteiger partial charge on any atom is 0.220 e. The van der Waals surface area contributed by atoms with Crippen LogP contribution in [0.4, 0.5) is 0 Å². The van der Waals surface area contributed by atoms with Gasteiger partial charge in [0.05, 0.1) is 6.54 Å². The predicted octanol–water partition coefficient (Wildman–Crippen LogP) is 3.74.